The molecule has 0 aliphatic rings. The highest BCUT2D eigenvalue weighted by Gasteiger charge is 2.02. The number of aromatic nitrogens is 2. The summed E-state index contributed by atoms with van der Waals surface area (Å²) in [6.45, 7) is 2.46. The first-order valence-electron chi connectivity index (χ1n) is 5.25. The number of anilines is 1. The molecule has 0 saturated carbocycles. The van der Waals surface area contributed by atoms with Gasteiger partial charge in [-0.15, -0.1) is 0 Å². The van der Waals surface area contributed by atoms with Crippen LogP contribution in [0.15, 0.2) is 18.2 Å². The topological polar surface area (TPSA) is 87.0 Å². The monoisotopic (exact) mass is 220 g/mol. The van der Waals surface area contributed by atoms with E-state index >= 15 is 0 Å². The van der Waals surface area contributed by atoms with Crippen molar-refractivity contribution in [1.29, 1.82) is 0 Å². The van der Waals surface area contributed by atoms with Crippen molar-refractivity contribution < 1.29 is 5.11 Å². The van der Waals surface area contributed by atoms with Gasteiger partial charge in [0, 0.05) is 18.3 Å². The average molecular weight is 220 g/mol. The number of nitrogens with one attached hydrogen (secondary N) is 2. The highest BCUT2D eigenvalue weighted by molar-refractivity contribution is 5.79. The summed E-state index contributed by atoms with van der Waals surface area (Å²) in [4.78, 5) is 7.49. The number of nitrogens with two attached hydrogens (primary N) is 1. The van der Waals surface area contributed by atoms with Crippen molar-refractivity contribution in [2.75, 3.05) is 18.5 Å². The van der Waals surface area contributed by atoms with Gasteiger partial charge < -0.3 is 21.1 Å². The summed E-state index contributed by atoms with van der Waals surface area (Å²) < 4.78 is 0. The minimum Gasteiger partial charge on any atom is -0.395 e. The molecule has 86 valence electrons. The molecule has 1 atom stereocenters. The van der Waals surface area contributed by atoms with Gasteiger partial charge in [0.2, 0.25) is 0 Å². The van der Waals surface area contributed by atoms with Gasteiger partial charge >= 0.3 is 0 Å². The Labute approximate surface area is 93.7 Å². The van der Waals surface area contributed by atoms with Crippen LogP contribution < -0.4 is 11.1 Å². The van der Waals surface area contributed by atoms with Crippen molar-refractivity contribution in [3.63, 3.8) is 0 Å². The van der Waals surface area contributed by atoms with E-state index in [0.29, 0.717) is 6.54 Å². The molecule has 5 N–H and O–H groups in total. The van der Waals surface area contributed by atoms with Crippen molar-refractivity contribution >= 4 is 16.7 Å². The van der Waals surface area contributed by atoms with Gasteiger partial charge in [-0.05, 0) is 25.1 Å². The molecule has 0 fully saturated rings. The fraction of sp³-hybridized carbons (Fsp3) is 0.364. The first kappa shape index (κ1) is 10.9. The van der Waals surface area contributed by atoms with E-state index in [1.54, 1.807) is 0 Å². The Balaban J connectivity index is 2.13. The number of benzene rings is 1. The molecule has 0 saturated heterocycles. The largest absolute Gasteiger partial charge is 0.395 e. The van der Waals surface area contributed by atoms with E-state index in [0.717, 1.165) is 22.5 Å². The molecule has 1 aromatic carbocycles. The molecule has 5 heteroatoms. The molecule has 2 aromatic rings. The molecule has 1 heterocycles. The number of nitrogens with zero attached hydrogens (tertiary/aromatic N) is 1. The van der Waals surface area contributed by atoms with Crippen molar-refractivity contribution in [3.05, 3.63) is 24.0 Å². The summed E-state index contributed by atoms with van der Waals surface area (Å²) >= 11 is 0. The zero-order valence-electron chi connectivity index (χ0n) is 9.20. The Morgan fingerprint density at radius 3 is 3.12 bits per heavy atom. The van der Waals surface area contributed by atoms with Gasteiger partial charge in [0.1, 0.15) is 5.82 Å². The van der Waals surface area contributed by atoms with Crippen LogP contribution in [0.25, 0.3) is 11.0 Å². The van der Waals surface area contributed by atoms with Crippen LogP contribution in [0.2, 0.25) is 0 Å². The van der Waals surface area contributed by atoms with Gasteiger partial charge in [-0.1, -0.05) is 0 Å². The van der Waals surface area contributed by atoms with Gasteiger partial charge in [-0.2, -0.15) is 0 Å². The van der Waals surface area contributed by atoms with Crippen LogP contribution in [-0.4, -0.2) is 34.3 Å². The van der Waals surface area contributed by atoms with E-state index in [1.165, 1.54) is 0 Å². The molecule has 1 aromatic heterocycles. The second kappa shape index (κ2) is 4.51. The number of fused-ring (bicyclic) bond motifs is 1. The summed E-state index contributed by atoms with van der Waals surface area (Å²) in [5, 5.41) is 12.0. The SMILES string of the molecule is Cc1nc2ccc(NCC(N)CO)cc2[nH]1. The number of hydrogen-bond donors (Lipinski definition) is 4. The third kappa shape index (κ3) is 2.32. The van der Waals surface area contributed by atoms with Crippen LogP contribution >= 0.6 is 0 Å². The third-order valence-corrected chi connectivity index (χ3v) is 2.40. The molecule has 1 unspecified atom stereocenters. The first-order chi connectivity index (χ1) is 7.69. The van der Waals surface area contributed by atoms with E-state index < -0.39 is 0 Å². The van der Waals surface area contributed by atoms with Gasteiger partial charge in [-0.3, -0.25) is 0 Å². The number of imidazole rings is 1. The molecule has 0 radical (unpaired) electrons. The van der Waals surface area contributed by atoms with E-state index in [2.05, 4.69) is 15.3 Å². The molecule has 0 spiro atoms. The fourth-order valence-corrected chi connectivity index (χ4v) is 1.56. The number of aliphatic hydroxyl groups excluding tert-OH is 1. The summed E-state index contributed by atoms with van der Waals surface area (Å²) in [7, 11) is 0. The standard InChI is InChI=1S/C11H16N4O/c1-7-14-10-3-2-9(4-11(10)15-7)13-5-8(12)6-16/h2-4,8,13,16H,5-6,12H2,1H3,(H,14,15). The van der Waals surface area contributed by atoms with E-state index in [4.69, 9.17) is 10.8 Å². The van der Waals surface area contributed by atoms with Crippen molar-refractivity contribution in [3.8, 4) is 0 Å². The van der Waals surface area contributed by atoms with Crippen molar-refractivity contribution in [1.82, 2.24) is 9.97 Å². The van der Waals surface area contributed by atoms with Crippen molar-refractivity contribution in [2.45, 2.75) is 13.0 Å². The third-order valence-electron chi connectivity index (χ3n) is 2.40. The molecule has 5 nitrogen and oxygen atoms in total. The second-order valence-corrected chi connectivity index (χ2v) is 3.88. The summed E-state index contributed by atoms with van der Waals surface area (Å²) in [5.41, 5.74) is 8.53. The molecule has 0 amide bonds. The number of H-pyrrole nitrogens is 1. The normalized spacial score (nSPS) is 12.9. The second-order valence-electron chi connectivity index (χ2n) is 3.88. The van der Waals surface area contributed by atoms with E-state index in [1.807, 2.05) is 25.1 Å². The van der Waals surface area contributed by atoms with E-state index in [9.17, 15) is 0 Å². The number of aliphatic hydroxyl groups is 1. The lowest BCUT2D eigenvalue weighted by Gasteiger charge is -2.10. The van der Waals surface area contributed by atoms with Crippen LogP contribution in [0.3, 0.4) is 0 Å². The summed E-state index contributed by atoms with van der Waals surface area (Å²) in [6.07, 6.45) is 0. The van der Waals surface area contributed by atoms with Crippen LogP contribution in [-0.2, 0) is 0 Å². The molecular formula is C11H16N4O. The zero-order valence-corrected chi connectivity index (χ0v) is 9.20. The smallest absolute Gasteiger partial charge is 0.104 e. The maximum Gasteiger partial charge on any atom is 0.104 e. The minimum atomic E-state index is -0.237. The van der Waals surface area contributed by atoms with Crippen LogP contribution in [0.4, 0.5) is 5.69 Å². The van der Waals surface area contributed by atoms with Gasteiger partial charge in [0.05, 0.1) is 17.6 Å². The van der Waals surface area contributed by atoms with Crippen LogP contribution in [0.5, 0.6) is 0 Å². The Bertz CT molecular complexity index is 480. The van der Waals surface area contributed by atoms with Crippen LogP contribution in [0, 0.1) is 6.92 Å². The average Bonchev–Trinajstić information content (AvgIpc) is 2.65. The highest BCUT2D eigenvalue weighted by atomic mass is 16.3. The maximum absolute atomic E-state index is 8.81. The van der Waals surface area contributed by atoms with Crippen LogP contribution in [0.1, 0.15) is 5.82 Å². The molecular weight excluding hydrogens is 204 g/mol. The summed E-state index contributed by atoms with van der Waals surface area (Å²) in [5.74, 6) is 0.902. The highest BCUT2D eigenvalue weighted by Crippen LogP contribution is 2.16. The van der Waals surface area contributed by atoms with Crippen molar-refractivity contribution in [2.24, 2.45) is 5.73 Å². The zero-order chi connectivity index (χ0) is 11.5. The number of hydrogen-bond acceptors (Lipinski definition) is 4. The maximum atomic E-state index is 8.81. The molecule has 0 aliphatic carbocycles. The van der Waals surface area contributed by atoms with Gasteiger partial charge in [0.15, 0.2) is 0 Å². The van der Waals surface area contributed by atoms with E-state index in [-0.39, 0.29) is 12.6 Å². The lowest BCUT2D eigenvalue weighted by molar-refractivity contribution is 0.270. The number of aromatic amines is 1. The first-order valence-corrected chi connectivity index (χ1v) is 5.25. The Kier molecular flexibility index (Phi) is 3.07. The van der Waals surface area contributed by atoms with Gasteiger partial charge in [0.25, 0.3) is 0 Å². The Morgan fingerprint density at radius 1 is 1.56 bits per heavy atom. The number of rotatable bonds is 4. The minimum absolute atomic E-state index is 0.0155. The summed E-state index contributed by atoms with van der Waals surface area (Å²) in [6, 6.07) is 5.65. The molecule has 16 heavy (non-hydrogen) atoms. The quantitative estimate of drug-likeness (QED) is 0.608. The fourth-order valence-electron chi connectivity index (χ4n) is 1.56. The Morgan fingerprint density at radius 2 is 2.38 bits per heavy atom. The van der Waals surface area contributed by atoms with Gasteiger partial charge in [-0.25, -0.2) is 4.98 Å². The lowest BCUT2D eigenvalue weighted by atomic mass is 10.2. The Hall–Kier alpha value is -1.59. The molecule has 0 aliphatic heterocycles. The predicted octanol–water partition coefficient (Wildman–Crippen LogP) is 0.603. The molecule has 0 bridgehead atoms. The number of aryl methyl sites for hydroxylation is 1. The molecule has 2 rings (SSSR count). The lowest BCUT2D eigenvalue weighted by Crippen LogP contribution is -2.32. The predicted molar refractivity (Wildman–Crippen MR) is 64.4 cm³/mol.